The second-order valence-electron chi connectivity index (χ2n) is 7.67. The first-order chi connectivity index (χ1) is 13.7. The Hall–Kier alpha value is -2.32. The number of unbranched alkanes of at least 4 members (excludes halogenated alkanes) is 2. The van der Waals surface area contributed by atoms with Crippen LogP contribution in [-0.2, 0) is 6.42 Å². The largest absolute Gasteiger partial charge is 0.469 e. The number of aryl methyl sites for hydroxylation is 1. The van der Waals surface area contributed by atoms with E-state index in [0.717, 1.165) is 75.1 Å². The Morgan fingerprint density at radius 1 is 1.32 bits per heavy atom. The molecule has 3 unspecified atom stereocenters. The molecule has 2 aromatic heterocycles. The van der Waals surface area contributed by atoms with Gasteiger partial charge in [0.2, 0.25) is 6.04 Å². The van der Waals surface area contributed by atoms with Crippen molar-refractivity contribution in [3.63, 3.8) is 0 Å². The van der Waals surface area contributed by atoms with Crippen LogP contribution in [-0.4, -0.2) is 28.7 Å². The second kappa shape index (κ2) is 10.3. The lowest BCUT2D eigenvalue weighted by Gasteiger charge is -2.26. The molecule has 1 fully saturated rings. The van der Waals surface area contributed by atoms with Crippen molar-refractivity contribution in [1.29, 1.82) is 0 Å². The van der Waals surface area contributed by atoms with Gasteiger partial charge < -0.3 is 19.3 Å². The highest BCUT2D eigenvalue weighted by molar-refractivity contribution is 5.48. The number of hydrogen-bond acceptors (Lipinski definition) is 4. The molecule has 2 aromatic rings. The molecule has 5 heteroatoms. The van der Waals surface area contributed by atoms with E-state index in [-0.39, 0.29) is 12.1 Å². The van der Waals surface area contributed by atoms with Crippen molar-refractivity contribution in [2.75, 3.05) is 11.4 Å². The molecule has 28 heavy (non-hydrogen) atoms. The molecule has 5 nitrogen and oxygen atoms in total. The van der Waals surface area contributed by atoms with Gasteiger partial charge in [0.25, 0.3) is 0 Å². The third kappa shape index (κ3) is 5.14. The highest BCUT2D eigenvalue weighted by atomic mass is 16.3. The molecule has 1 aliphatic rings. The van der Waals surface area contributed by atoms with Crippen LogP contribution in [0.2, 0.25) is 0 Å². The quantitative estimate of drug-likeness (QED) is 0.455. The SMILES string of the molecule is [C-]#[N+]C1CCN(c2ccc(C(O)CCCCC)nc2)C1CCCc1ccco1. The Labute approximate surface area is 168 Å². The van der Waals surface area contributed by atoms with Crippen LogP contribution in [0.15, 0.2) is 41.1 Å². The fraction of sp³-hybridized carbons (Fsp3) is 0.565. The van der Waals surface area contributed by atoms with Crippen molar-refractivity contribution in [1.82, 2.24) is 4.98 Å². The Kier molecular flexibility index (Phi) is 7.50. The minimum absolute atomic E-state index is 0.0379. The summed E-state index contributed by atoms with van der Waals surface area (Å²) in [6.07, 6.45) is 10.9. The Morgan fingerprint density at radius 3 is 2.89 bits per heavy atom. The van der Waals surface area contributed by atoms with Crippen LogP contribution in [0.5, 0.6) is 0 Å². The van der Waals surface area contributed by atoms with Gasteiger partial charge in [0.1, 0.15) is 11.8 Å². The van der Waals surface area contributed by atoms with Crippen LogP contribution in [0.4, 0.5) is 5.69 Å². The van der Waals surface area contributed by atoms with Gasteiger partial charge in [0.15, 0.2) is 0 Å². The van der Waals surface area contributed by atoms with Crippen molar-refractivity contribution >= 4 is 5.69 Å². The highest BCUT2D eigenvalue weighted by Gasteiger charge is 2.38. The van der Waals surface area contributed by atoms with Crippen molar-refractivity contribution in [3.05, 3.63) is 59.6 Å². The topological polar surface area (TPSA) is 53.9 Å². The molecule has 1 aliphatic heterocycles. The summed E-state index contributed by atoms with van der Waals surface area (Å²) < 4.78 is 5.43. The maximum Gasteiger partial charge on any atom is 0.245 e. The number of pyridine rings is 1. The number of rotatable bonds is 10. The van der Waals surface area contributed by atoms with Crippen LogP contribution in [0.3, 0.4) is 0 Å². The van der Waals surface area contributed by atoms with Gasteiger partial charge in [-0.1, -0.05) is 26.2 Å². The minimum atomic E-state index is -0.487. The Morgan fingerprint density at radius 2 is 2.21 bits per heavy atom. The summed E-state index contributed by atoms with van der Waals surface area (Å²) in [6.45, 7) is 10.6. The predicted molar refractivity (Wildman–Crippen MR) is 111 cm³/mol. The molecule has 1 N–H and O–H groups in total. The zero-order chi connectivity index (χ0) is 19.8. The number of aliphatic hydroxyl groups is 1. The molecule has 0 radical (unpaired) electrons. The fourth-order valence-corrected chi connectivity index (χ4v) is 4.10. The van der Waals surface area contributed by atoms with E-state index in [9.17, 15) is 5.11 Å². The van der Waals surface area contributed by atoms with Crippen molar-refractivity contribution < 1.29 is 9.52 Å². The fourth-order valence-electron chi connectivity index (χ4n) is 4.10. The normalized spacial score (nSPS) is 20.2. The average molecular weight is 382 g/mol. The van der Waals surface area contributed by atoms with Crippen LogP contribution in [0.1, 0.15) is 69.4 Å². The van der Waals surface area contributed by atoms with Gasteiger partial charge in [0.05, 0.1) is 29.9 Å². The maximum absolute atomic E-state index is 10.3. The van der Waals surface area contributed by atoms with Crippen molar-refractivity contribution in [3.8, 4) is 0 Å². The van der Waals surface area contributed by atoms with Crippen LogP contribution in [0.25, 0.3) is 4.85 Å². The van der Waals surface area contributed by atoms with E-state index in [1.807, 2.05) is 24.4 Å². The zero-order valence-electron chi connectivity index (χ0n) is 16.8. The van der Waals surface area contributed by atoms with E-state index < -0.39 is 6.10 Å². The molecule has 0 spiro atoms. The number of hydrogen-bond donors (Lipinski definition) is 1. The smallest absolute Gasteiger partial charge is 0.245 e. The standard InChI is InChI=1S/C23H31N3O2/c1-3-4-5-11-23(27)21-13-12-18(17-25-21)26-15-14-20(24-2)22(26)10-6-8-19-9-7-16-28-19/h7,9,12-13,16-17,20,22-23,27H,3-6,8,10-11,14-15H2,1H3. The predicted octanol–water partition coefficient (Wildman–Crippen LogP) is 5.18. The lowest BCUT2D eigenvalue weighted by atomic mass is 10.0. The van der Waals surface area contributed by atoms with Gasteiger partial charge in [-0.3, -0.25) is 4.98 Å². The zero-order valence-corrected chi connectivity index (χ0v) is 16.8. The summed E-state index contributed by atoms with van der Waals surface area (Å²) in [4.78, 5) is 10.7. The van der Waals surface area contributed by atoms with E-state index in [2.05, 4.69) is 27.7 Å². The van der Waals surface area contributed by atoms with E-state index >= 15 is 0 Å². The van der Waals surface area contributed by atoms with E-state index in [1.54, 1.807) is 6.26 Å². The summed E-state index contributed by atoms with van der Waals surface area (Å²) in [5.41, 5.74) is 1.80. The minimum Gasteiger partial charge on any atom is -0.469 e. The Bertz CT molecular complexity index is 736. The van der Waals surface area contributed by atoms with E-state index in [4.69, 9.17) is 11.0 Å². The Balaban J connectivity index is 1.60. The first-order valence-corrected chi connectivity index (χ1v) is 10.5. The number of aromatic nitrogens is 1. The van der Waals surface area contributed by atoms with Gasteiger partial charge >= 0.3 is 0 Å². The molecular weight excluding hydrogens is 350 g/mol. The number of anilines is 1. The van der Waals surface area contributed by atoms with Crippen molar-refractivity contribution in [2.45, 2.75) is 76.5 Å². The molecule has 3 rings (SSSR count). The van der Waals surface area contributed by atoms with Crippen LogP contribution < -0.4 is 4.90 Å². The molecule has 0 amide bonds. The molecule has 150 valence electrons. The second-order valence-corrected chi connectivity index (χ2v) is 7.67. The van der Waals surface area contributed by atoms with Gasteiger partial charge in [-0.25, -0.2) is 6.57 Å². The third-order valence-electron chi connectivity index (χ3n) is 5.70. The van der Waals surface area contributed by atoms with Gasteiger partial charge in [-0.2, -0.15) is 0 Å². The first kappa shape index (κ1) is 20.4. The molecule has 0 bridgehead atoms. The summed E-state index contributed by atoms with van der Waals surface area (Å²) in [6, 6.07) is 8.18. The lowest BCUT2D eigenvalue weighted by Crippen LogP contribution is -2.34. The molecule has 3 heterocycles. The highest BCUT2D eigenvalue weighted by Crippen LogP contribution is 2.31. The van der Waals surface area contributed by atoms with E-state index in [0.29, 0.717) is 0 Å². The molecule has 1 saturated heterocycles. The number of aliphatic hydroxyl groups excluding tert-OH is 1. The number of furan rings is 1. The molecule has 0 aliphatic carbocycles. The van der Waals surface area contributed by atoms with Crippen LogP contribution in [0, 0.1) is 6.57 Å². The van der Waals surface area contributed by atoms with E-state index in [1.165, 1.54) is 0 Å². The summed E-state index contributed by atoms with van der Waals surface area (Å²) in [7, 11) is 0. The monoisotopic (exact) mass is 381 g/mol. The summed E-state index contributed by atoms with van der Waals surface area (Å²) in [5.74, 6) is 1.01. The lowest BCUT2D eigenvalue weighted by molar-refractivity contribution is 0.159. The maximum atomic E-state index is 10.3. The van der Waals surface area contributed by atoms with Gasteiger partial charge in [0, 0.05) is 19.4 Å². The van der Waals surface area contributed by atoms with Gasteiger partial charge in [-0.05, 0) is 43.5 Å². The van der Waals surface area contributed by atoms with Gasteiger partial charge in [-0.15, -0.1) is 0 Å². The van der Waals surface area contributed by atoms with Crippen molar-refractivity contribution in [2.24, 2.45) is 0 Å². The number of nitrogens with zero attached hydrogens (tertiary/aromatic N) is 3. The molecular formula is C23H31N3O2. The molecule has 3 atom stereocenters. The average Bonchev–Trinajstić information content (AvgIpc) is 3.38. The summed E-state index contributed by atoms with van der Waals surface area (Å²) in [5, 5.41) is 10.3. The first-order valence-electron chi connectivity index (χ1n) is 10.5. The summed E-state index contributed by atoms with van der Waals surface area (Å²) >= 11 is 0. The van der Waals surface area contributed by atoms with Crippen LogP contribution >= 0.6 is 0 Å². The third-order valence-corrected chi connectivity index (χ3v) is 5.70. The molecule has 0 saturated carbocycles. The molecule has 0 aromatic carbocycles.